The molecule has 2 aliphatic rings. The topological polar surface area (TPSA) is 74.8 Å². The SMILES string of the molecule is CCCCN(C(=S)[S-])C1(C)CCS(=O)(=O)C1.CCCCN(C(=S)[S-])C1(C)CCS(=O)(=O)C1.[Ba+2]. The maximum absolute atomic E-state index is 11.5. The van der Waals surface area contributed by atoms with Gasteiger partial charge in [-0.2, -0.15) is 0 Å². The molecule has 0 amide bonds. The van der Waals surface area contributed by atoms with Crippen molar-refractivity contribution in [1.29, 1.82) is 0 Å². The Morgan fingerprint density at radius 2 is 1.09 bits per heavy atom. The van der Waals surface area contributed by atoms with Crippen molar-refractivity contribution >= 4 is 127 Å². The molecule has 2 unspecified atom stereocenters. The maximum atomic E-state index is 11.5. The van der Waals surface area contributed by atoms with Gasteiger partial charge in [0.1, 0.15) is 0 Å². The van der Waals surface area contributed by atoms with Gasteiger partial charge in [0.25, 0.3) is 0 Å². The van der Waals surface area contributed by atoms with Crippen LogP contribution in [0.4, 0.5) is 0 Å². The Kier molecular flexibility index (Phi) is 15.3. The van der Waals surface area contributed by atoms with E-state index in [0.717, 1.165) is 38.8 Å². The Morgan fingerprint density at radius 3 is 1.27 bits per heavy atom. The second-order valence-electron chi connectivity index (χ2n) is 9.22. The summed E-state index contributed by atoms with van der Waals surface area (Å²) in [5, 5.41) is 0. The molecule has 2 rings (SSSR count). The molecular formula is C20H36BaN2O4S6. The summed E-state index contributed by atoms with van der Waals surface area (Å²) in [7, 11) is -5.81. The van der Waals surface area contributed by atoms with Crippen LogP contribution in [0.25, 0.3) is 0 Å². The van der Waals surface area contributed by atoms with Crippen molar-refractivity contribution in [3.05, 3.63) is 0 Å². The van der Waals surface area contributed by atoms with Crippen LogP contribution in [0.2, 0.25) is 0 Å². The number of nitrogens with zero attached hydrogens (tertiary/aromatic N) is 2. The minimum atomic E-state index is -2.91. The third kappa shape index (κ3) is 10.9. The molecule has 6 nitrogen and oxygen atoms in total. The molecule has 0 aliphatic carbocycles. The van der Waals surface area contributed by atoms with E-state index in [1.165, 1.54) is 0 Å². The van der Waals surface area contributed by atoms with Gasteiger partial charge in [0.15, 0.2) is 19.7 Å². The zero-order valence-electron chi connectivity index (χ0n) is 20.2. The second kappa shape index (κ2) is 14.6. The fraction of sp³-hybridized carbons (Fsp3) is 0.900. The summed E-state index contributed by atoms with van der Waals surface area (Å²) in [6.45, 7) is 9.63. The first kappa shape index (κ1) is 34.7. The van der Waals surface area contributed by atoms with Gasteiger partial charge in [0.05, 0.1) is 34.1 Å². The van der Waals surface area contributed by atoms with Crippen molar-refractivity contribution in [3.63, 3.8) is 0 Å². The first-order valence-corrected chi connectivity index (χ1v) is 16.3. The van der Waals surface area contributed by atoms with E-state index in [2.05, 4.69) is 13.8 Å². The van der Waals surface area contributed by atoms with Crippen LogP contribution in [0.15, 0.2) is 0 Å². The summed E-state index contributed by atoms with van der Waals surface area (Å²) in [5.41, 5.74) is -0.764. The predicted octanol–water partition coefficient (Wildman–Crippen LogP) is 2.61. The fourth-order valence-corrected chi connectivity index (χ4v) is 9.74. The van der Waals surface area contributed by atoms with E-state index in [9.17, 15) is 16.8 Å². The molecule has 2 atom stereocenters. The van der Waals surface area contributed by atoms with Crippen LogP contribution in [-0.4, -0.2) is 131 Å². The van der Waals surface area contributed by atoms with Gasteiger partial charge in [0, 0.05) is 13.1 Å². The van der Waals surface area contributed by atoms with Gasteiger partial charge in [-0.3, -0.25) is 0 Å². The third-order valence-electron chi connectivity index (χ3n) is 6.18. The standard InChI is InChI=1S/2C10H19NO2S3.Ba/c2*1-3-4-6-11(9(14)15)10(2)5-7-16(12,13)8-10;/h2*3-8H2,1-2H3,(H,14,15);/q;;+2/p-2. The molecule has 0 saturated carbocycles. The molecule has 0 radical (unpaired) electrons. The van der Waals surface area contributed by atoms with Crippen LogP contribution >= 0.6 is 24.4 Å². The average molecular weight is 698 g/mol. The van der Waals surface area contributed by atoms with Crippen molar-refractivity contribution in [3.8, 4) is 0 Å². The molecule has 188 valence electrons. The van der Waals surface area contributed by atoms with E-state index >= 15 is 0 Å². The first-order valence-electron chi connectivity index (χ1n) is 11.0. The van der Waals surface area contributed by atoms with Crippen LogP contribution in [0, 0.1) is 0 Å². The molecule has 2 heterocycles. The smallest absolute Gasteiger partial charge is 0.411 e. The van der Waals surface area contributed by atoms with Gasteiger partial charge in [-0.15, -0.1) is 0 Å². The summed E-state index contributed by atoms with van der Waals surface area (Å²) >= 11 is 20.2. The van der Waals surface area contributed by atoms with Crippen LogP contribution < -0.4 is 0 Å². The molecule has 0 bridgehead atoms. The molecule has 0 aromatic carbocycles. The minimum absolute atomic E-state index is 0. The van der Waals surface area contributed by atoms with E-state index in [1.54, 1.807) is 0 Å². The largest absolute Gasteiger partial charge is 2.00 e. The maximum Gasteiger partial charge on any atom is 2.00 e. The number of unbranched alkanes of at least 4 members (excludes halogenated alkanes) is 2. The van der Waals surface area contributed by atoms with Gasteiger partial charge < -0.3 is 59.5 Å². The summed E-state index contributed by atoms with van der Waals surface area (Å²) in [6.07, 6.45) is 5.36. The van der Waals surface area contributed by atoms with E-state index in [1.807, 2.05) is 23.6 Å². The van der Waals surface area contributed by atoms with Gasteiger partial charge in [0.2, 0.25) is 0 Å². The van der Waals surface area contributed by atoms with Gasteiger partial charge in [-0.1, -0.05) is 35.3 Å². The van der Waals surface area contributed by atoms with Crippen LogP contribution in [-0.2, 0) is 44.9 Å². The third-order valence-corrected chi connectivity index (χ3v) is 10.8. The van der Waals surface area contributed by atoms with Gasteiger partial charge in [-0.05, 0) is 39.5 Å². The quantitative estimate of drug-likeness (QED) is 0.215. The van der Waals surface area contributed by atoms with E-state index < -0.39 is 19.7 Å². The van der Waals surface area contributed by atoms with Crippen molar-refractivity contribution in [2.24, 2.45) is 0 Å². The zero-order valence-corrected chi connectivity index (χ0v) is 29.5. The van der Waals surface area contributed by atoms with Crippen LogP contribution in [0.5, 0.6) is 0 Å². The molecule has 2 saturated heterocycles. The molecule has 13 heteroatoms. The predicted molar refractivity (Wildman–Crippen MR) is 152 cm³/mol. The number of hydrogen-bond donors (Lipinski definition) is 0. The number of hydrogen-bond acceptors (Lipinski definition) is 8. The number of rotatable bonds is 8. The molecule has 0 spiro atoms. The summed E-state index contributed by atoms with van der Waals surface area (Å²) in [5.74, 6) is 0.870. The number of sulfone groups is 2. The molecule has 33 heavy (non-hydrogen) atoms. The summed E-state index contributed by atoms with van der Waals surface area (Å²) in [6, 6.07) is 0. The Morgan fingerprint density at radius 1 is 0.788 bits per heavy atom. The average Bonchev–Trinajstić information content (AvgIpc) is 3.10. The summed E-state index contributed by atoms with van der Waals surface area (Å²) in [4.78, 5) is 3.84. The molecule has 0 N–H and O–H groups in total. The molecule has 2 aliphatic heterocycles. The Labute approximate surface area is 263 Å². The van der Waals surface area contributed by atoms with Crippen molar-refractivity contribution < 1.29 is 16.8 Å². The minimum Gasteiger partial charge on any atom is -0.411 e. The van der Waals surface area contributed by atoms with E-state index in [-0.39, 0.29) is 83.0 Å². The van der Waals surface area contributed by atoms with E-state index in [4.69, 9.17) is 49.7 Å². The molecular weight excluding hydrogens is 662 g/mol. The van der Waals surface area contributed by atoms with Crippen molar-refractivity contribution in [2.75, 3.05) is 36.1 Å². The van der Waals surface area contributed by atoms with Crippen LogP contribution in [0.1, 0.15) is 66.2 Å². The van der Waals surface area contributed by atoms with Gasteiger partial charge in [-0.25, -0.2) is 16.8 Å². The van der Waals surface area contributed by atoms with E-state index in [0.29, 0.717) is 21.5 Å². The molecule has 0 aromatic rings. The normalized spacial score (nSPS) is 27.0. The fourth-order valence-electron chi connectivity index (χ4n) is 4.21. The molecule has 0 aromatic heterocycles. The zero-order chi connectivity index (χ0) is 24.8. The number of thiocarbonyl (C=S) groups is 2. The second-order valence-corrected chi connectivity index (χ2v) is 15.7. The Balaban J connectivity index is 0.000000602. The first-order chi connectivity index (χ1) is 14.6. The van der Waals surface area contributed by atoms with Gasteiger partial charge >= 0.3 is 48.9 Å². The Hall–Kier alpha value is 1.69. The Bertz CT molecular complexity index is 811. The van der Waals surface area contributed by atoms with Crippen molar-refractivity contribution in [2.45, 2.75) is 77.3 Å². The monoisotopic (exact) mass is 698 g/mol. The molecule has 2 fully saturated rings. The summed E-state index contributed by atoms with van der Waals surface area (Å²) < 4.78 is 47.0. The van der Waals surface area contributed by atoms with Crippen LogP contribution in [0.3, 0.4) is 0 Å². The van der Waals surface area contributed by atoms with Crippen molar-refractivity contribution in [1.82, 2.24) is 9.80 Å².